The van der Waals surface area contributed by atoms with E-state index in [4.69, 9.17) is 31.4 Å². The van der Waals surface area contributed by atoms with Crippen LogP contribution in [0.4, 0.5) is 0 Å². The molecule has 10 unspecified atom stereocenters. The van der Waals surface area contributed by atoms with E-state index >= 15 is 0 Å². The summed E-state index contributed by atoms with van der Waals surface area (Å²) in [6.45, 7) is -0.597. The maximum atomic E-state index is 12.4. The number of rotatable bonds is 5. The van der Waals surface area contributed by atoms with Crippen LogP contribution in [-0.4, -0.2) is 94.0 Å². The summed E-state index contributed by atoms with van der Waals surface area (Å²) < 4.78 is 16.7. The zero-order valence-corrected chi connectivity index (χ0v) is 16.2. The van der Waals surface area contributed by atoms with E-state index in [1.807, 2.05) is 0 Å². The third kappa shape index (κ3) is 4.64. The van der Waals surface area contributed by atoms with E-state index in [0.29, 0.717) is 0 Å². The predicted molar refractivity (Wildman–Crippen MR) is 103 cm³/mol. The molecule has 10 N–H and O–H groups in total. The molecule has 2 aliphatic rings. The Labute approximate surface area is 173 Å². The number of carbonyl (C=O) groups is 1. The first-order chi connectivity index (χ1) is 14.2. The van der Waals surface area contributed by atoms with Gasteiger partial charge >= 0.3 is 5.97 Å². The molecule has 1 aromatic rings. The van der Waals surface area contributed by atoms with Gasteiger partial charge in [0, 0.05) is 12.1 Å². The SMILES string of the molecule is NC1CC(N)C(OC2OC(CO)C(O)C(OC(=O)c3ccccc3)C2N)C(O)C1O. The van der Waals surface area contributed by atoms with Gasteiger partial charge in [0.1, 0.15) is 24.4 Å². The quantitative estimate of drug-likeness (QED) is 0.233. The molecule has 0 radical (unpaired) electrons. The number of hydrogen-bond donors (Lipinski definition) is 7. The molecule has 1 aliphatic carbocycles. The summed E-state index contributed by atoms with van der Waals surface area (Å²) in [6.07, 6.45) is -8.68. The van der Waals surface area contributed by atoms with E-state index in [-0.39, 0.29) is 12.0 Å². The molecule has 1 saturated carbocycles. The van der Waals surface area contributed by atoms with E-state index < -0.39 is 73.6 Å². The summed E-state index contributed by atoms with van der Waals surface area (Å²) in [5, 5.41) is 40.4. The Hall–Kier alpha value is -1.67. The first kappa shape index (κ1) is 23.0. The molecule has 30 heavy (non-hydrogen) atoms. The Kier molecular flexibility index (Phi) is 7.39. The average Bonchev–Trinajstić information content (AvgIpc) is 2.74. The molecule has 3 rings (SSSR count). The summed E-state index contributed by atoms with van der Waals surface area (Å²) in [6, 6.07) is 5.51. The molecule has 168 valence electrons. The van der Waals surface area contributed by atoms with E-state index in [2.05, 4.69) is 0 Å². The minimum Gasteiger partial charge on any atom is -0.454 e. The van der Waals surface area contributed by atoms with Crippen molar-refractivity contribution in [3.05, 3.63) is 35.9 Å². The lowest BCUT2D eigenvalue weighted by molar-refractivity contribution is -0.293. The summed E-state index contributed by atoms with van der Waals surface area (Å²) >= 11 is 0. The van der Waals surface area contributed by atoms with Crippen molar-refractivity contribution in [1.29, 1.82) is 0 Å². The van der Waals surface area contributed by atoms with Gasteiger partial charge in [0.15, 0.2) is 12.4 Å². The number of aliphatic hydroxyl groups is 4. The smallest absolute Gasteiger partial charge is 0.338 e. The minimum absolute atomic E-state index is 0.184. The van der Waals surface area contributed by atoms with Crippen molar-refractivity contribution >= 4 is 5.97 Å². The molecule has 11 heteroatoms. The molecule has 1 aromatic carbocycles. The van der Waals surface area contributed by atoms with Gasteiger partial charge in [-0.2, -0.15) is 0 Å². The van der Waals surface area contributed by atoms with Crippen LogP contribution in [-0.2, 0) is 14.2 Å². The van der Waals surface area contributed by atoms with Crippen molar-refractivity contribution in [1.82, 2.24) is 0 Å². The van der Waals surface area contributed by atoms with E-state index in [0.717, 1.165) is 0 Å². The average molecular weight is 427 g/mol. The molecule has 1 saturated heterocycles. The van der Waals surface area contributed by atoms with Gasteiger partial charge in [0.25, 0.3) is 0 Å². The summed E-state index contributed by atoms with van der Waals surface area (Å²) in [7, 11) is 0. The third-order valence-electron chi connectivity index (χ3n) is 5.54. The lowest BCUT2D eigenvalue weighted by atomic mass is 9.84. The fourth-order valence-corrected chi connectivity index (χ4v) is 3.75. The minimum atomic E-state index is -1.42. The number of carbonyl (C=O) groups excluding carboxylic acids is 1. The van der Waals surface area contributed by atoms with Gasteiger partial charge in [-0.05, 0) is 18.6 Å². The van der Waals surface area contributed by atoms with Crippen molar-refractivity contribution in [2.24, 2.45) is 17.2 Å². The molecule has 0 spiro atoms. The van der Waals surface area contributed by atoms with Crippen LogP contribution in [0.25, 0.3) is 0 Å². The maximum absolute atomic E-state index is 12.4. The largest absolute Gasteiger partial charge is 0.454 e. The Morgan fingerprint density at radius 1 is 1.00 bits per heavy atom. The summed E-state index contributed by atoms with van der Waals surface area (Å²) in [4.78, 5) is 12.4. The number of nitrogens with two attached hydrogens (primary N) is 3. The Balaban J connectivity index is 1.76. The van der Waals surface area contributed by atoms with E-state index in [1.165, 1.54) is 0 Å². The van der Waals surface area contributed by atoms with Crippen LogP contribution < -0.4 is 17.2 Å². The number of benzene rings is 1. The zero-order valence-electron chi connectivity index (χ0n) is 16.2. The van der Waals surface area contributed by atoms with Gasteiger partial charge < -0.3 is 51.8 Å². The van der Waals surface area contributed by atoms with Gasteiger partial charge in [-0.1, -0.05) is 18.2 Å². The van der Waals surface area contributed by atoms with Gasteiger partial charge in [-0.15, -0.1) is 0 Å². The topological polar surface area (TPSA) is 204 Å². The first-order valence-corrected chi connectivity index (χ1v) is 9.73. The fraction of sp³-hybridized carbons (Fsp3) is 0.632. The highest BCUT2D eigenvalue weighted by atomic mass is 16.7. The van der Waals surface area contributed by atoms with Crippen LogP contribution in [0.3, 0.4) is 0 Å². The molecule has 0 amide bonds. The predicted octanol–water partition coefficient (Wildman–Crippen LogP) is -3.22. The highest BCUT2D eigenvalue weighted by Gasteiger charge is 2.49. The van der Waals surface area contributed by atoms with Gasteiger partial charge in [0.2, 0.25) is 0 Å². The molecule has 1 heterocycles. The van der Waals surface area contributed by atoms with Gasteiger partial charge in [-0.25, -0.2) is 4.79 Å². The van der Waals surface area contributed by atoms with Crippen LogP contribution in [0.1, 0.15) is 16.8 Å². The summed E-state index contributed by atoms with van der Waals surface area (Å²) in [5.41, 5.74) is 18.2. The highest BCUT2D eigenvalue weighted by molar-refractivity contribution is 5.89. The van der Waals surface area contributed by atoms with Crippen LogP contribution in [0, 0.1) is 0 Å². The van der Waals surface area contributed by atoms with Crippen LogP contribution in [0.2, 0.25) is 0 Å². The van der Waals surface area contributed by atoms with E-state index in [1.54, 1.807) is 30.3 Å². The fourth-order valence-electron chi connectivity index (χ4n) is 3.75. The third-order valence-corrected chi connectivity index (χ3v) is 5.54. The Bertz CT molecular complexity index is 710. The molecule has 2 fully saturated rings. The number of ether oxygens (including phenoxy) is 3. The second kappa shape index (κ2) is 9.64. The van der Waals surface area contributed by atoms with Crippen LogP contribution >= 0.6 is 0 Å². The molecule has 0 bridgehead atoms. The molecule has 10 atom stereocenters. The van der Waals surface area contributed by atoms with Crippen molar-refractivity contribution in [2.75, 3.05) is 6.61 Å². The van der Waals surface area contributed by atoms with Crippen molar-refractivity contribution in [2.45, 2.75) is 67.5 Å². The second-order valence-electron chi connectivity index (χ2n) is 7.67. The van der Waals surface area contributed by atoms with Crippen molar-refractivity contribution in [3.63, 3.8) is 0 Å². The van der Waals surface area contributed by atoms with Gasteiger partial charge in [-0.3, -0.25) is 0 Å². The number of hydrogen-bond acceptors (Lipinski definition) is 11. The summed E-state index contributed by atoms with van der Waals surface area (Å²) in [5.74, 6) is -0.719. The number of esters is 1. The molecule has 1 aliphatic heterocycles. The number of aliphatic hydroxyl groups excluding tert-OH is 4. The van der Waals surface area contributed by atoms with Gasteiger partial charge in [0.05, 0.1) is 24.3 Å². The molecule has 11 nitrogen and oxygen atoms in total. The molecule has 0 aromatic heterocycles. The lowest BCUT2D eigenvalue weighted by Gasteiger charge is -2.46. The Morgan fingerprint density at radius 2 is 1.67 bits per heavy atom. The second-order valence-corrected chi connectivity index (χ2v) is 7.67. The Morgan fingerprint density at radius 3 is 2.30 bits per heavy atom. The maximum Gasteiger partial charge on any atom is 0.338 e. The standard InChI is InChI=1S/C19H29N3O8/c20-9-6-10(21)16(15(26)13(9)24)30-19-12(22)17(14(25)11(7-23)28-19)29-18(27)8-4-2-1-3-5-8/h1-5,9-17,19,23-26H,6-7,20-22H2. The molecular weight excluding hydrogens is 398 g/mol. The first-order valence-electron chi connectivity index (χ1n) is 9.73. The van der Waals surface area contributed by atoms with Crippen LogP contribution in [0.5, 0.6) is 0 Å². The lowest BCUT2D eigenvalue weighted by Crippen LogP contribution is -2.67. The molecular formula is C19H29N3O8. The highest BCUT2D eigenvalue weighted by Crippen LogP contribution is 2.28. The monoisotopic (exact) mass is 427 g/mol. The van der Waals surface area contributed by atoms with E-state index in [9.17, 15) is 25.2 Å². The van der Waals surface area contributed by atoms with Crippen LogP contribution in [0.15, 0.2) is 30.3 Å². The van der Waals surface area contributed by atoms with Crippen molar-refractivity contribution in [3.8, 4) is 0 Å². The zero-order chi connectivity index (χ0) is 22.0. The normalized spacial score (nSPS) is 42.0. The van der Waals surface area contributed by atoms with Crippen molar-refractivity contribution < 1.29 is 39.4 Å².